The summed E-state index contributed by atoms with van der Waals surface area (Å²) in [5.74, 6) is -0.818. The standard InChI is InChI=1S/C12H16O4/c1-8-6-9(4-5-15-2)11(10(13)7-8)12(14)16-3/h7H,4-6H2,1-3H3. The Kier molecular flexibility index (Phi) is 4.43. The molecule has 1 aliphatic rings. The Bertz CT molecular complexity index is 363. The van der Waals surface area contributed by atoms with Gasteiger partial charge in [0.05, 0.1) is 7.11 Å². The van der Waals surface area contributed by atoms with Crippen molar-refractivity contribution in [3.63, 3.8) is 0 Å². The van der Waals surface area contributed by atoms with Crippen LogP contribution in [0.4, 0.5) is 0 Å². The van der Waals surface area contributed by atoms with Crippen molar-refractivity contribution in [1.82, 2.24) is 0 Å². The molecular formula is C12H16O4. The topological polar surface area (TPSA) is 52.6 Å². The summed E-state index contributed by atoms with van der Waals surface area (Å²) in [6, 6.07) is 0. The summed E-state index contributed by atoms with van der Waals surface area (Å²) in [6.07, 6.45) is 2.71. The first kappa shape index (κ1) is 12.6. The number of methoxy groups -OCH3 is 2. The van der Waals surface area contributed by atoms with E-state index >= 15 is 0 Å². The van der Waals surface area contributed by atoms with Crippen LogP contribution in [0, 0.1) is 0 Å². The smallest absolute Gasteiger partial charge is 0.341 e. The lowest BCUT2D eigenvalue weighted by Crippen LogP contribution is -2.19. The van der Waals surface area contributed by atoms with E-state index in [0.717, 1.165) is 11.1 Å². The molecule has 0 aliphatic heterocycles. The molecule has 0 aromatic carbocycles. The van der Waals surface area contributed by atoms with Gasteiger partial charge in [0.15, 0.2) is 5.78 Å². The summed E-state index contributed by atoms with van der Waals surface area (Å²) in [5, 5.41) is 0. The van der Waals surface area contributed by atoms with Crippen LogP contribution in [-0.4, -0.2) is 32.6 Å². The van der Waals surface area contributed by atoms with Crippen LogP contribution in [0.25, 0.3) is 0 Å². The summed E-state index contributed by atoms with van der Waals surface area (Å²) in [6.45, 7) is 2.37. The van der Waals surface area contributed by atoms with Gasteiger partial charge >= 0.3 is 5.97 Å². The second-order valence-corrected chi connectivity index (χ2v) is 3.74. The predicted molar refractivity (Wildman–Crippen MR) is 58.9 cm³/mol. The third-order valence-electron chi connectivity index (χ3n) is 2.47. The number of carbonyl (C=O) groups excluding carboxylic acids is 2. The molecule has 0 N–H and O–H groups in total. The summed E-state index contributed by atoms with van der Waals surface area (Å²) in [5.41, 5.74) is 1.94. The molecule has 0 radical (unpaired) electrons. The number of ketones is 1. The van der Waals surface area contributed by atoms with E-state index in [1.165, 1.54) is 13.2 Å². The summed E-state index contributed by atoms with van der Waals surface area (Å²) >= 11 is 0. The van der Waals surface area contributed by atoms with Crippen LogP contribution in [0.5, 0.6) is 0 Å². The van der Waals surface area contributed by atoms with Crippen LogP contribution in [0.3, 0.4) is 0 Å². The van der Waals surface area contributed by atoms with Gasteiger partial charge in [0.1, 0.15) is 5.57 Å². The maximum Gasteiger partial charge on any atom is 0.341 e. The Morgan fingerprint density at radius 2 is 2.12 bits per heavy atom. The minimum atomic E-state index is -0.556. The molecule has 1 rings (SSSR count). The van der Waals surface area contributed by atoms with Gasteiger partial charge in [0.25, 0.3) is 0 Å². The van der Waals surface area contributed by atoms with Gasteiger partial charge in [-0.05, 0) is 31.4 Å². The molecule has 0 saturated heterocycles. The minimum absolute atomic E-state index is 0.171. The first-order chi connectivity index (χ1) is 7.60. The fraction of sp³-hybridized carbons (Fsp3) is 0.500. The van der Waals surface area contributed by atoms with Crippen molar-refractivity contribution in [2.24, 2.45) is 0 Å². The zero-order valence-corrected chi connectivity index (χ0v) is 9.83. The van der Waals surface area contributed by atoms with Gasteiger partial charge < -0.3 is 9.47 Å². The minimum Gasteiger partial charge on any atom is -0.465 e. The summed E-state index contributed by atoms with van der Waals surface area (Å²) < 4.78 is 9.58. The second-order valence-electron chi connectivity index (χ2n) is 3.74. The van der Waals surface area contributed by atoms with E-state index in [1.54, 1.807) is 7.11 Å². The molecular weight excluding hydrogens is 208 g/mol. The number of rotatable bonds is 4. The van der Waals surface area contributed by atoms with Crippen molar-refractivity contribution >= 4 is 11.8 Å². The molecule has 0 spiro atoms. The highest BCUT2D eigenvalue weighted by atomic mass is 16.5. The van der Waals surface area contributed by atoms with E-state index in [2.05, 4.69) is 4.74 Å². The van der Waals surface area contributed by atoms with E-state index in [9.17, 15) is 9.59 Å². The molecule has 16 heavy (non-hydrogen) atoms. The van der Waals surface area contributed by atoms with Crippen LogP contribution >= 0.6 is 0 Å². The Hall–Kier alpha value is -1.42. The van der Waals surface area contributed by atoms with Crippen molar-refractivity contribution in [3.8, 4) is 0 Å². The van der Waals surface area contributed by atoms with E-state index < -0.39 is 5.97 Å². The first-order valence-corrected chi connectivity index (χ1v) is 5.11. The van der Waals surface area contributed by atoms with Crippen LogP contribution < -0.4 is 0 Å². The number of hydrogen-bond donors (Lipinski definition) is 0. The summed E-state index contributed by atoms with van der Waals surface area (Å²) in [4.78, 5) is 23.2. The highest BCUT2D eigenvalue weighted by Gasteiger charge is 2.25. The quantitative estimate of drug-likeness (QED) is 0.535. The largest absolute Gasteiger partial charge is 0.465 e. The molecule has 4 heteroatoms. The lowest BCUT2D eigenvalue weighted by atomic mass is 9.89. The Balaban J connectivity index is 2.98. The van der Waals surface area contributed by atoms with Crippen LogP contribution in [0.15, 0.2) is 22.8 Å². The Labute approximate surface area is 94.9 Å². The molecule has 88 valence electrons. The molecule has 1 aliphatic carbocycles. The zero-order valence-electron chi connectivity index (χ0n) is 9.83. The monoisotopic (exact) mass is 224 g/mol. The maximum atomic E-state index is 11.7. The van der Waals surface area contributed by atoms with Gasteiger partial charge in [-0.25, -0.2) is 4.79 Å². The molecule has 0 unspecified atom stereocenters. The Morgan fingerprint density at radius 3 is 2.69 bits per heavy atom. The molecule has 0 fully saturated rings. The number of hydrogen-bond acceptors (Lipinski definition) is 4. The Morgan fingerprint density at radius 1 is 1.44 bits per heavy atom. The van der Waals surface area contributed by atoms with E-state index in [0.29, 0.717) is 19.4 Å². The molecule has 0 aromatic rings. The van der Waals surface area contributed by atoms with Crippen LogP contribution in [0.1, 0.15) is 19.8 Å². The molecule has 0 amide bonds. The number of ether oxygens (including phenoxy) is 2. The molecule has 0 heterocycles. The highest BCUT2D eigenvalue weighted by Crippen LogP contribution is 2.25. The first-order valence-electron chi connectivity index (χ1n) is 5.11. The van der Waals surface area contributed by atoms with Crippen molar-refractivity contribution in [3.05, 3.63) is 22.8 Å². The van der Waals surface area contributed by atoms with Crippen molar-refractivity contribution < 1.29 is 19.1 Å². The average molecular weight is 224 g/mol. The van der Waals surface area contributed by atoms with Gasteiger partial charge in [-0.3, -0.25) is 4.79 Å². The second kappa shape index (κ2) is 5.61. The van der Waals surface area contributed by atoms with Gasteiger partial charge in [0.2, 0.25) is 0 Å². The van der Waals surface area contributed by atoms with Crippen LogP contribution in [-0.2, 0) is 19.1 Å². The fourth-order valence-corrected chi connectivity index (χ4v) is 1.73. The van der Waals surface area contributed by atoms with Gasteiger partial charge in [-0.1, -0.05) is 5.57 Å². The lowest BCUT2D eigenvalue weighted by Gasteiger charge is -2.16. The third-order valence-corrected chi connectivity index (χ3v) is 2.47. The molecule has 4 nitrogen and oxygen atoms in total. The van der Waals surface area contributed by atoms with Gasteiger partial charge in [-0.15, -0.1) is 0 Å². The normalized spacial score (nSPS) is 16.2. The summed E-state index contributed by atoms with van der Waals surface area (Å²) in [7, 11) is 2.87. The SMILES string of the molecule is COCCC1=C(C(=O)OC)C(=O)C=C(C)C1. The maximum absolute atomic E-state index is 11.7. The average Bonchev–Trinajstić information content (AvgIpc) is 2.24. The molecule has 0 bridgehead atoms. The van der Waals surface area contributed by atoms with Crippen molar-refractivity contribution in [1.29, 1.82) is 0 Å². The fourth-order valence-electron chi connectivity index (χ4n) is 1.73. The van der Waals surface area contributed by atoms with E-state index in [1.807, 2.05) is 6.92 Å². The van der Waals surface area contributed by atoms with E-state index in [4.69, 9.17) is 4.74 Å². The molecule has 0 atom stereocenters. The highest BCUT2D eigenvalue weighted by molar-refractivity contribution is 6.23. The van der Waals surface area contributed by atoms with Crippen molar-refractivity contribution in [2.45, 2.75) is 19.8 Å². The number of allylic oxidation sites excluding steroid dienone is 2. The van der Waals surface area contributed by atoms with Crippen molar-refractivity contribution in [2.75, 3.05) is 20.8 Å². The zero-order chi connectivity index (χ0) is 12.1. The van der Waals surface area contributed by atoms with Gasteiger partial charge in [0, 0.05) is 13.7 Å². The lowest BCUT2D eigenvalue weighted by molar-refractivity contribution is -0.137. The van der Waals surface area contributed by atoms with Gasteiger partial charge in [-0.2, -0.15) is 0 Å². The third kappa shape index (κ3) is 2.79. The predicted octanol–water partition coefficient (Wildman–Crippen LogP) is 1.41. The van der Waals surface area contributed by atoms with E-state index in [-0.39, 0.29) is 11.4 Å². The number of esters is 1. The van der Waals surface area contributed by atoms with Crippen LogP contribution in [0.2, 0.25) is 0 Å². The molecule has 0 aromatic heterocycles. The number of carbonyl (C=O) groups is 2. The molecule has 0 saturated carbocycles.